The molecule has 2 heterocycles. The topological polar surface area (TPSA) is 51.2 Å². The fourth-order valence-corrected chi connectivity index (χ4v) is 6.74. The first-order valence-electron chi connectivity index (χ1n) is 7.94. The van der Waals surface area contributed by atoms with E-state index >= 15 is 0 Å². The summed E-state index contributed by atoms with van der Waals surface area (Å²) >= 11 is 0. The van der Waals surface area contributed by atoms with Gasteiger partial charge in [0.1, 0.15) is 0 Å². The molecule has 1 aliphatic carbocycles. The second-order valence-electron chi connectivity index (χ2n) is 6.78. The SMILES string of the molecule is O=C(c1ccc2c(c1)CC2)C1CC2CCCC(C1)S2(=O)=O. The van der Waals surface area contributed by atoms with E-state index in [9.17, 15) is 13.2 Å². The van der Waals surface area contributed by atoms with Gasteiger partial charge in [-0.25, -0.2) is 8.42 Å². The normalized spacial score (nSPS) is 32.9. The lowest BCUT2D eigenvalue weighted by Crippen LogP contribution is -2.45. The van der Waals surface area contributed by atoms with E-state index in [1.807, 2.05) is 12.1 Å². The van der Waals surface area contributed by atoms with Crippen LogP contribution in [0, 0.1) is 5.92 Å². The van der Waals surface area contributed by atoms with E-state index in [4.69, 9.17) is 0 Å². The number of fused-ring (bicyclic) bond motifs is 3. The molecule has 2 saturated heterocycles. The van der Waals surface area contributed by atoms with Gasteiger partial charge in [0.15, 0.2) is 15.6 Å². The average Bonchev–Trinajstić information content (AvgIpc) is 2.38. The Hall–Kier alpha value is -1.16. The highest BCUT2D eigenvalue weighted by atomic mass is 32.2. The summed E-state index contributed by atoms with van der Waals surface area (Å²) in [7, 11) is -2.97. The summed E-state index contributed by atoms with van der Waals surface area (Å²) in [5.41, 5.74) is 3.44. The lowest BCUT2D eigenvalue weighted by Gasteiger charge is -2.38. The van der Waals surface area contributed by atoms with Crippen LogP contribution in [-0.2, 0) is 22.7 Å². The number of aryl methyl sites for hydroxylation is 2. The van der Waals surface area contributed by atoms with E-state index in [1.54, 1.807) is 0 Å². The molecule has 4 heteroatoms. The number of carbonyl (C=O) groups is 1. The van der Waals surface area contributed by atoms with Crippen molar-refractivity contribution >= 4 is 15.6 Å². The summed E-state index contributed by atoms with van der Waals surface area (Å²) < 4.78 is 24.6. The number of ketones is 1. The summed E-state index contributed by atoms with van der Waals surface area (Å²) in [5.74, 6) is 0.0680. The van der Waals surface area contributed by atoms with Crippen LogP contribution in [0.1, 0.15) is 53.6 Å². The van der Waals surface area contributed by atoms with E-state index in [0.29, 0.717) is 12.8 Å². The van der Waals surface area contributed by atoms with E-state index in [-0.39, 0.29) is 22.2 Å². The minimum atomic E-state index is -2.97. The molecule has 0 spiro atoms. The van der Waals surface area contributed by atoms with Crippen LogP contribution < -0.4 is 0 Å². The highest BCUT2D eigenvalue weighted by Crippen LogP contribution is 2.40. The first-order chi connectivity index (χ1) is 10.1. The minimum Gasteiger partial charge on any atom is -0.294 e. The second-order valence-corrected chi connectivity index (χ2v) is 9.29. The number of rotatable bonds is 2. The van der Waals surface area contributed by atoms with Crippen molar-refractivity contribution in [2.24, 2.45) is 5.92 Å². The third kappa shape index (κ3) is 2.07. The largest absolute Gasteiger partial charge is 0.294 e. The fraction of sp³-hybridized carbons (Fsp3) is 0.588. The molecule has 3 nitrogen and oxygen atoms in total. The van der Waals surface area contributed by atoms with Crippen LogP contribution in [0.15, 0.2) is 18.2 Å². The van der Waals surface area contributed by atoms with E-state index < -0.39 is 9.84 Å². The van der Waals surface area contributed by atoms with Crippen molar-refractivity contribution in [2.75, 3.05) is 0 Å². The molecule has 4 rings (SSSR count). The summed E-state index contributed by atoms with van der Waals surface area (Å²) in [6.45, 7) is 0. The smallest absolute Gasteiger partial charge is 0.166 e. The van der Waals surface area contributed by atoms with Gasteiger partial charge >= 0.3 is 0 Å². The van der Waals surface area contributed by atoms with Crippen molar-refractivity contribution in [3.8, 4) is 0 Å². The maximum atomic E-state index is 12.7. The molecule has 0 amide bonds. The Kier molecular flexibility index (Phi) is 3.00. The maximum Gasteiger partial charge on any atom is 0.166 e. The zero-order valence-corrected chi connectivity index (χ0v) is 12.9. The Balaban J connectivity index is 1.59. The fourth-order valence-electron chi connectivity index (χ4n) is 4.21. The third-order valence-electron chi connectivity index (χ3n) is 5.60. The predicted octanol–water partition coefficient (Wildman–Crippen LogP) is 2.71. The highest BCUT2D eigenvalue weighted by Gasteiger charge is 2.46. The Morgan fingerprint density at radius 3 is 2.24 bits per heavy atom. The molecule has 0 radical (unpaired) electrons. The lowest BCUT2D eigenvalue weighted by atomic mass is 9.81. The predicted molar refractivity (Wildman–Crippen MR) is 81.3 cm³/mol. The van der Waals surface area contributed by atoms with Crippen molar-refractivity contribution in [3.63, 3.8) is 0 Å². The molecule has 0 saturated carbocycles. The van der Waals surface area contributed by atoms with Crippen molar-refractivity contribution in [3.05, 3.63) is 34.9 Å². The molecular formula is C17H20O3S. The Labute approximate surface area is 125 Å². The molecule has 1 aromatic rings. The monoisotopic (exact) mass is 304 g/mol. The number of carbonyl (C=O) groups excluding carboxylic acids is 1. The molecule has 0 N–H and O–H groups in total. The standard InChI is InChI=1S/C17H20O3S/c18-17(13-7-5-11-4-6-12(11)8-13)14-9-15-2-1-3-16(10-14)21(15,19)20/h5,7-8,14-16H,1-4,6,9-10H2. The van der Waals surface area contributed by atoms with Crippen LogP contribution in [0.3, 0.4) is 0 Å². The zero-order chi connectivity index (χ0) is 14.6. The van der Waals surface area contributed by atoms with Gasteiger partial charge in [0.05, 0.1) is 10.5 Å². The number of hydrogen-bond acceptors (Lipinski definition) is 3. The molecule has 2 fully saturated rings. The molecule has 2 bridgehead atoms. The second kappa shape index (κ2) is 4.67. The van der Waals surface area contributed by atoms with Gasteiger partial charge in [-0.3, -0.25) is 4.79 Å². The Morgan fingerprint density at radius 1 is 1.00 bits per heavy atom. The van der Waals surface area contributed by atoms with Crippen LogP contribution >= 0.6 is 0 Å². The summed E-state index contributed by atoms with van der Waals surface area (Å²) in [6, 6.07) is 6.02. The van der Waals surface area contributed by atoms with Gasteiger partial charge < -0.3 is 0 Å². The number of sulfone groups is 1. The summed E-state index contributed by atoms with van der Waals surface area (Å²) in [5, 5.41) is -0.545. The van der Waals surface area contributed by atoms with E-state index in [0.717, 1.165) is 37.7 Å². The van der Waals surface area contributed by atoms with Gasteiger partial charge in [-0.05, 0) is 55.7 Å². The zero-order valence-electron chi connectivity index (χ0n) is 12.0. The van der Waals surface area contributed by atoms with Gasteiger partial charge in [-0.15, -0.1) is 0 Å². The van der Waals surface area contributed by atoms with Gasteiger partial charge in [0, 0.05) is 11.5 Å². The molecular weight excluding hydrogens is 284 g/mol. The van der Waals surface area contributed by atoms with Crippen molar-refractivity contribution < 1.29 is 13.2 Å². The maximum absolute atomic E-state index is 12.7. The van der Waals surface area contributed by atoms with Crippen molar-refractivity contribution in [2.45, 2.75) is 55.4 Å². The van der Waals surface area contributed by atoms with Gasteiger partial charge in [0.25, 0.3) is 0 Å². The molecule has 21 heavy (non-hydrogen) atoms. The van der Waals surface area contributed by atoms with Crippen molar-refractivity contribution in [1.82, 2.24) is 0 Å². The van der Waals surface area contributed by atoms with Crippen molar-refractivity contribution in [1.29, 1.82) is 0 Å². The molecule has 2 atom stereocenters. The van der Waals surface area contributed by atoms with Crippen LogP contribution in [0.2, 0.25) is 0 Å². The summed E-state index contributed by atoms with van der Waals surface area (Å²) in [4.78, 5) is 12.7. The molecule has 2 unspecified atom stereocenters. The summed E-state index contributed by atoms with van der Waals surface area (Å²) in [6.07, 6.45) is 5.74. The van der Waals surface area contributed by atoms with Crippen LogP contribution in [0.25, 0.3) is 0 Å². The highest BCUT2D eigenvalue weighted by molar-refractivity contribution is 7.92. The Bertz CT molecular complexity index is 685. The molecule has 2 aliphatic heterocycles. The van der Waals surface area contributed by atoms with E-state index in [2.05, 4.69) is 6.07 Å². The lowest BCUT2D eigenvalue weighted by molar-refractivity contribution is 0.0894. The quantitative estimate of drug-likeness (QED) is 0.789. The molecule has 112 valence electrons. The molecule has 1 aromatic carbocycles. The first kappa shape index (κ1) is 13.5. The van der Waals surface area contributed by atoms with Crippen LogP contribution in [0.4, 0.5) is 0 Å². The molecule has 0 aromatic heterocycles. The average molecular weight is 304 g/mol. The third-order valence-corrected chi connectivity index (χ3v) is 8.32. The van der Waals surface area contributed by atoms with Gasteiger partial charge in [0.2, 0.25) is 0 Å². The first-order valence-corrected chi connectivity index (χ1v) is 9.55. The van der Waals surface area contributed by atoms with Crippen LogP contribution in [0.5, 0.6) is 0 Å². The van der Waals surface area contributed by atoms with Gasteiger partial charge in [-0.1, -0.05) is 18.6 Å². The Morgan fingerprint density at radius 2 is 1.67 bits per heavy atom. The van der Waals surface area contributed by atoms with Crippen LogP contribution in [-0.4, -0.2) is 24.7 Å². The number of benzene rings is 1. The number of Topliss-reactive ketones (excluding diaryl/α,β-unsaturated/α-hetero) is 1. The van der Waals surface area contributed by atoms with Gasteiger partial charge in [-0.2, -0.15) is 0 Å². The number of hydrogen-bond donors (Lipinski definition) is 0. The minimum absolute atomic E-state index is 0.0954. The van der Waals surface area contributed by atoms with E-state index in [1.165, 1.54) is 11.1 Å². The molecule has 3 aliphatic rings.